The number of nitrogens with zero attached hydrogens (tertiary/aromatic N) is 4. The Kier molecular flexibility index (Phi) is 3.89. The first-order valence-corrected chi connectivity index (χ1v) is 8.45. The lowest BCUT2D eigenvalue weighted by Crippen LogP contribution is -2.42. The number of hydrogen-bond donors (Lipinski definition) is 0. The van der Waals surface area contributed by atoms with E-state index in [1.807, 2.05) is 6.92 Å². The van der Waals surface area contributed by atoms with Gasteiger partial charge in [-0.25, -0.2) is 19.3 Å². The second-order valence-electron chi connectivity index (χ2n) is 5.56. The molecule has 126 valence electrons. The van der Waals surface area contributed by atoms with E-state index in [4.69, 9.17) is 4.74 Å². The summed E-state index contributed by atoms with van der Waals surface area (Å²) in [5.74, 6) is 0.233. The standard InChI is InChI=1S/C17H13FN4O2S/c1-10-9-22(12-4-3-11(18)7-13(12)24-10)17(23)14-8-21-16(25-14)15-19-5-2-6-20-15/h2-8,10H,9H2,1H3. The summed E-state index contributed by atoms with van der Waals surface area (Å²) in [5.41, 5.74) is 0.551. The Morgan fingerprint density at radius 2 is 2.12 bits per heavy atom. The lowest BCUT2D eigenvalue weighted by atomic mass is 10.2. The quantitative estimate of drug-likeness (QED) is 0.705. The molecule has 2 aromatic heterocycles. The van der Waals surface area contributed by atoms with Crippen LogP contribution < -0.4 is 9.64 Å². The summed E-state index contributed by atoms with van der Waals surface area (Å²) in [4.78, 5) is 27.5. The SMILES string of the molecule is CC1CN(C(=O)c2cnc(-c3ncccn3)s2)c2ccc(F)cc2O1. The minimum atomic E-state index is -0.401. The van der Waals surface area contributed by atoms with Crippen LogP contribution in [0.1, 0.15) is 16.6 Å². The normalized spacial score (nSPS) is 16.2. The van der Waals surface area contributed by atoms with Gasteiger partial charge in [-0.05, 0) is 25.1 Å². The third-order valence-corrected chi connectivity index (χ3v) is 4.68. The van der Waals surface area contributed by atoms with E-state index in [-0.39, 0.29) is 12.0 Å². The molecule has 0 fully saturated rings. The van der Waals surface area contributed by atoms with Gasteiger partial charge >= 0.3 is 0 Å². The van der Waals surface area contributed by atoms with Crippen LogP contribution in [0.3, 0.4) is 0 Å². The summed E-state index contributed by atoms with van der Waals surface area (Å²) in [6.07, 6.45) is 4.53. The first kappa shape index (κ1) is 15.6. The molecule has 0 bridgehead atoms. The molecule has 0 saturated heterocycles. The summed E-state index contributed by atoms with van der Waals surface area (Å²) < 4.78 is 19.1. The molecule has 0 spiro atoms. The molecule has 0 saturated carbocycles. The van der Waals surface area contributed by atoms with Gasteiger partial charge in [-0.1, -0.05) is 0 Å². The van der Waals surface area contributed by atoms with Crippen molar-refractivity contribution in [1.29, 1.82) is 0 Å². The number of benzene rings is 1. The zero-order valence-electron chi connectivity index (χ0n) is 13.2. The number of halogens is 1. The van der Waals surface area contributed by atoms with Crippen LogP contribution in [0.5, 0.6) is 5.75 Å². The molecule has 4 rings (SSSR count). The topological polar surface area (TPSA) is 68.2 Å². The van der Waals surface area contributed by atoms with Crippen molar-refractivity contribution < 1.29 is 13.9 Å². The molecule has 1 amide bonds. The van der Waals surface area contributed by atoms with E-state index in [0.29, 0.717) is 33.7 Å². The Labute approximate surface area is 146 Å². The van der Waals surface area contributed by atoms with E-state index >= 15 is 0 Å². The molecule has 0 aliphatic carbocycles. The number of hydrogen-bond acceptors (Lipinski definition) is 6. The lowest BCUT2D eigenvalue weighted by molar-refractivity contribution is 0.0964. The van der Waals surface area contributed by atoms with Crippen molar-refractivity contribution in [2.24, 2.45) is 0 Å². The van der Waals surface area contributed by atoms with Gasteiger partial charge in [0.2, 0.25) is 0 Å². The molecule has 1 unspecified atom stereocenters. The Morgan fingerprint density at radius 3 is 2.92 bits per heavy atom. The van der Waals surface area contributed by atoms with Crippen LogP contribution >= 0.6 is 11.3 Å². The van der Waals surface area contributed by atoms with Crippen molar-refractivity contribution in [2.75, 3.05) is 11.4 Å². The molecule has 3 heterocycles. The van der Waals surface area contributed by atoms with Gasteiger partial charge in [-0.3, -0.25) is 4.79 Å². The highest BCUT2D eigenvalue weighted by atomic mass is 32.1. The van der Waals surface area contributed by atoms with Crippen molar-refractivity contribution in [3.05, 3.63) is 53.6 Å². The molecule has 1 aliphatic rings. The number of thiazole rings is 1. The van der Waals surface area contributed by atoms with Gasteiger partial charge in [0, 0.05) is 18.5 Å². The largest absolute Gasteiger partial charge is 0.487 e. The average molecular weight is 356 g/mol. The van der Waals surface area contributed by atoms with E-state index in [1.54, 1.807) is 29.4 Å². The van der Waals surface area contributed by atoms with Gasteiger partial charge in [0.05, 0.1) is 18.4 Å². The summed E-state index contributed by atoms with van der Waals surface area (Å²) >= 11 is 1.22. The summed E-state index contributed by atoms with van der Waals surface area (Å²) in [6, 6.07) is 5.88. The minimum absolute atomic E-state index is 0.206. The van der Waals surface area contributed by atoms with Crippen LogP contribution in [-0.4, -0.2) is 33.5 Å². The van der Waals surface area contributed by atoms with Gasteiger partial charge in [0.25, 0.3) is 5.91 Å². The van der Waals surface area contributed by atoms with Crippen molar-refractivity contribution in [1.82, 2.24) is 15.0 Å². The highest BCUT2D eigenvalue weighted by Crippen LogP contribution is 2.35. The molecule has 1 atom stereocenters. The second kappa shape index (κ2) is 6.21. The van der Waals surface area contributed by atoms with Crippen LogP contribution in [0, 0.1) is 5.82 Å². The first-order chi connectivity index (χ1) is 12.1. The number of amides is 1. The van der Waals surface area contributed by atoms with Gasteiger partial charge in [-0.15, -0.1) is 11.3 Å². The van der Waals surface area contributed by atoms with Crippen molar-refractivity contribution in [2.45, 2.75) is 13.0 Å². The van der Waals surface area contributed by atoms with Gasteiger partial charge in [-0.2, -0.15) is 0 Å². The van der Waals surface area contributed by atoms with E-state index in [9.17, 15) is 9.18 Å². The first-order valence-electron chi connectivity index (χ1n) is 7.63. The summed E-state index contributed by atoms with van der Waals surface area (Å²) in [5, 5.41) is 0.574. The average Bonchev–Trinajstić information content (AvgIpc) is 3.11. The van der Waals surface area contributed by atoms with Crippen LogP contribution in [0.4, 0.5) is 10.1 Å². The summed E-state index contributed by atoms with van der Waals surface area (Å²) in [7, 11) is 0. The Hall–Kier alpha value is -2.87. The lowest BCUT2D eigenvalue weighted by Gasteiger charge is -2.33. The number of anilines is 1. The molecule has 1 aliphatic heterocycles. The van der Waals surface area contributed by atoms with Gasteiger partial charge in [0.15, 0.2) is 10.8 Å². The number of carbonyl (C=O) groups excluding carboxylic acids is 1. The third kappa shape index (κ3) is 2.96. The third-order valence-electron chi connectivity index (χ3n) is 3.70. The number of carbonyl (C=O) groups is 1. The van der Waals surface area contributed by atoms with E-state index in [2.05, 4.69) is 15.0 Å². The van der Waals surface area contributed by atoms with E-state index in [1.165, 1.54) is 29.7 Å². The fourth-order valence-electron chi connectivity index (χ4n) is 2.63. The van der Waals surface area contributed by atoms with Gasteiger partial charge in [0.1, 0.15) is 22.5 Å². The molecular weight excluding hydrogens is 343 g/mol. The Morgan fingerprint density at radius 1 is 1.32 bits per heavy atom. The van der Waals surface area contributed by atoms with Crippen molar-refractivity contribution in [3.63, 3.8) is 0 Å². The molecule has 8 heteroatoms. The van der Waals surface area contributed by atoms with E-state index in [0.717, 1.165) is 0 Å². The predicted octanol–water partition coefficient (Wildman–Crippen LogP) is 3.17. The maximum absolute atomic E-state index is 13.5. The van der Waals surface area contributed by atoms with Crippen molar-refractivity contribution in [3.8, 4) is 16.6 Å². The van der Waals surface area contributed by atoms with Crippen LogP contribution in [0.2, 0.25) is 0 Å². The highest BCUT2D eigenvalue weighted by Gasteiger charge is 2.30. The number of ether oxygens (including phenoxy) is 1. The zero-order chi connectivity index (χ0) is 17.4. The zero-order valence-corrected chi connectivity index (χ0v) is 14.0. The Bertz CT molecular complexity index is 931. The Balaban J connectivity index is 1.67. The molecular formula is C17H13FN4O2S. The molecule has 3 aromatic rings. The number of rotatable bonds is 2. The predicted molar refractivity (Wildman–Crippen MR) is 91.3 cm³/mol. The van der Waals surface area contributed by atoms with Crippen LogP contribution in [0.15, 0.2) is 42.9 Å². The highest BCUT2D eigenvalue weighted by molar-refractivity contribution is 7.16. The fourth-order valence-corrected chi connectivity index (χ4v) is 3.44. The smallest absolute Gasteiger partial charge is 0.270 e. The van der Waals surface area contributed by atoms with Crippen molar-refractivity contribution >= 4 is 22.9 Å². The molecule has 25 heavy (non-hydrogen) atoms. The molecule has 0 N–H and O–H groups in total. The van der Waals surface area contributed by atoms with Gasteiger partial charge < -0.3 is 9.64 Å². The monoisotopic (exact) mass is 356 g/mol. The fraction of sp³-hybridized carbons (Fsp3) is 0.176. The summed E-state index contributed by atoms with van der Waals surface area (Å²) in [6.45, 7) is 2.22. The van der Waals surface area contributed by atoms with Crippen LogP contribution in [0.25, 0.3) is 10.8 Å². The van der Waals surface area contributed by atoms with Crippen LogP contribution in [-0.2, 0) is 0 Å². The molecule has 0 radical (unpaired) electrons. The number of aromatic nitrogens is 3. The van der Waals surface area contributed by atoms with E-state index < -0.39 is 5.82 Å². The number of fused-ring (bicyclic) bond motifs is 1. The maximum Gasteiger partial charge on any atom is 0.270 e. The maximum atomic E-state index is 13.5. The minimum Gasteiger partial charge on any atom is -0.487 e. The molecule has 6 nitrogen and oxygen atoms in total. The second-order valence-corrected chi connectivity index (χ2v) is 6.59. The molecule has 1 aromatic carbocycles.